The van der Waals surface area contributed by atoms with Crippen molar-refractivity contribution in [1.82, 2.24) is 15.0 Å². The summed E-state index contributed by atoms with van der Waals surface area (Å²) in [6, 6.07) is -0.306. The molecule has 0 saturated heterocycles. The van der Waals surface area contributed by atoms with Gasteiger partial charge in [-0.15, -0.1) is 4.98 Å². The molecule has 0 radical (unpaired) electrons. The Morgan fingerprint density at radius 2 is 1.35 bits per heavy atom. The van der Waals surface area contributed by atoms with Crippen molar-refractivity contribution in [2.75, 3.05) is 43.1 Å². The average Bonchev–Trinajstić information content (AvgIpc) is 2.52. The fraction of sp³-hybridized carbons (Fsp3) is 0.727. The Kier molecular flexibility index (Phi) is 8.86. The standard InChI is InChI=1S/C11H21N5O8S2/c12-3-4-13-9-14-10(23-5-1-7-25(17,18)19)16-11(15-9)24-6-2-8-26(20,21)22/h1-8,12H2,(H,17,18,19)(H,20,21,22)(H,13,14,15,16). The largest absolute Gasteiger partial charge is 0.463 e. The lowest BCUT2D eigenvalue weighted by atomic mass is 10.5. The maximum atomic E-state index is 10.6. The molecule has 150 valence electrons. The molecule has 0 amide bonds. The van der Waals surface area contributed by atoms with Gasteiger partial charge in [-0.25, -0.2) is 0 Å². The molecule has 0 saturated carbocycles. The van der Waals surface area contributed by atoms with Crippen LogP contribution in [0, 0.1) is 0 Å². The van der Waals surface area contributed by atoms with Crippen molar-refractivity contribution in [2.24, 2.45) is 5.73 Å². The molecule has 13 nitrogen and oxygen atoms in total. The molecule has 0 aliphatic rings. The highest BCUT2D eigenvalue weighted by Crippen LogP contribution is 2.13. The topological polar surface area (TPSA) is 204 Å². The molecular formula is C11H21N5O8S2. The Morgan fingerprint density at radius 3 is 1.73 bits per heavy atom. The van der Waals surface area contributed by atoms with Crippen LogP contribution in [0.15, 0.2) is 0 Å². The first-order valence-corrected chi connectivity index (χ1v) is 10.7. The SMILES string of the molecule is NCCNc1nc(OCCCS(=O)(=O)O)nc(OCCCS(=O)(=O)O)n1. The van der Waals surface area contributed by atoms with Crippen LogP contribution >= 0.6 is 0 Å². The maximum absolute atomic E-state index is 10.6. The van der Waals surface area contributed by atoms with Crippen LogP contribution in [0.5, 0.6) is 12.0 Å². The van der Waals surface area contributed by atoms with E-state index in [1.54, 1.807) is 0 Å². The van der Waals surface area contributed by atoms with Crippen LogP contribution in [0.25, 0.3) is 0 Å². The van der Waals surface area contributed by atoms with Crippen molar-refractivity contribution in [3.8, 4) is 12.0 Å². The first kappa shape index (κ1) is 22.2. The zero-order valence-electron chi connectivity index (χ0n) is 13.7. The predicted molar refractivity (Wildman–Crippen MR) is 90.4 cm³/mol. The van der Waals surface area contributed by atoms with Gasteiger partial charge in [0, 0.05) is 13.1 Å². The number of hydrogen-bond donors (Lipinski definition) is 4. The molecule has 0 fully saturated rings. The first-order chi connectivity index (χ1) is 12.1. The summed E-state index contributed by atoms with van der Waals surface area (Å²) in [5.74, 6) is -0.856. The normalized spacial score (nSPS) is 12.0. The van der Waals surface area contributed by atoms with Crippen LogP contribution in [-0.4, -0.2) is 78.7 Å². The molecule has 15 heteroatoms. The number of nitrogens with zero attached hydrogens (tertiary/aromatic N) is 3. The summed E-state index contributed by atoms with van der Waals surface area (Å²) in [6.07, 6.45) is 0.0290. The summed E-state index contributed by atoms with van der Waals surface area (Å²) in [6.45, 7) is 0.500. The molecule has 0 spiro atoms. The van der Waals surface area contributed by atoms with Gasteiger partial charge in [-0.05, 0) is 12.8 Å². The molecule has 0 bridgehead atoms. The molecular weight excluding hydrogens is 394 g/mol. The molecule has 1 rings (SSSR count). The van der Waals surface area contributed by atoms with Crippen LogP contribution in [0.2, 0.25) is 0 Å². The van der Waals surface area contributed by atoms with Gasteiger partial charge in [0.25, 0.3) is 20.2 Å². The summed E-state index contributed by atoms with van der Waals surface area (Å²) < 4.78 is 70.3. The monoisotopic (exact) mass is 415 g/mol. The summed E-state index contributed by atoms with van der Waals surface area (Å²) >= 11 is 0. The van der Waals surface area contributed by atoms with Gasteiger partial charge in [0.15, 0.2) is 0 Å². The van der Waals surface area contributed by atoms with Crippen LogP contribution in [0.1, 0.15) is 12.8 Å². The summed E-state index contributed by atoms with van der Waals surface area (Å²) in [7, 11) is -8.18. The summed E-state index contributed by atoms with van der Waals surface area (Å²) in [5.41, 5.74) is 5.37. The molecule has 5 N–H and O–H groups in total. The van der Waals surface area contributed by atoms with E-state index >= 15 is 0 Å². The Labute approximate surface area is 150 Å². The first-order valence-electron chi connectivity index (χ1n) is 7.45. The van der Waals surface area contributed by atoms with E-state index in [2.05, 4.69) is 20.3 Å². The molecule has 1 aromatic heterocycles. The van der Waals surface area contributed by atoms with E-state index in [4.69, 9.17) is 24.3 Å². The minimum Gasteiger partial charge on any atom is -0.463 e. The van der Waals surface area contributed by atoms with Crippen LogP contribution in [0.4, 0.5) is 5.95 Å². The fourth-order valence-corrected chi connectivity index (χ4v) is 2.51. The van der Waals surface area contributed by atoms with Crippen molar-refractivity contribution in [2.45, 2.75) is 12.8 Å². The fourth-order valence-electron chi connectivity index (χ4n) is 1.54. The smallest absolute Gasteiger partial charge is 0.324 e. The van der Waals surface area contributed by atoms with Crippen molar-refractivity contribution in [1.29, 1.82) is 0 Å². The van der Waals surface area contributed by atoms with Gasteiger partial charge in [0.1, 0.15) is 0 Å². The second-order valence-electron chi connectivity index (χ2n) is 4.92. The van der Waals surface area contributed by atoms with Crippen molar-refractivity contribution in [3.05, 3.63) is 0 Å². The lowest BCUT2D eigenvalue weighted by molar-refractivity contribution is 0.261. The minimum atomic E-state index is -4.09. The van der Waals surface area contributed by atoms with E-state index in [-0.39, 0.29) is 44.0 Å². The second-order valence-corrected chi connectivity index (χ2v) is 8.06. The predicted octanol–water partition coefficient (Wildman–Crippen LogP) is -1.44. The number of aromatic nitrogens is 3. The highest BCUT2D eigenvalue weighted by Gasteiger charge is 2.11. The Balaban J connectivity index is 2.66. The average molecular weight is 415 g/mol. The summed E-state index contributed by atoms with van der Waals surface area (Å²) in [4.78, 5) is 11.7. The van der Waals surface area contributed by atoms with Crippen molar-refractivity contribution < 1.29 is 35.4 Å². The third-order valence-electron chi connectivity index (χ3n) is 2.58. The molecule has 0 unspecified atom stereocenters. The van der Waals surface area contributed by atoms with E-state index in [9.17, 15) is 16.8 Å². The number of ether oxygens (including phenoxy) is 2. The summed E-state index contributed by atoms with van der Waals surface area (Å²) in [5, 5.41) is 2.79. The van der Waals surface area contributed by atoms with Crippen LogP contribution in [0.3, 0.4) is 0 Å². The third kappa shape index (κ3) is 10.9. The number of rotatable bonds is 13. The van der Waals surface area contributed by atoms with Gasteiger partial charge in [0.05, 0.1) is 24.7 Å². The molecule has 0 aliphatic carbocycles. The Hall–Kier alpha value is -1.81. The zero-order valence-corrected chi connectivity index (χ0v) is 15.4. The second kappa shape index (κ2) is 10.4. The van der Waals surface area contributed by atoms with Crippen molar-refractivity contribution >= 4 is 26.2 Å². The quantitative estimate of drug-likeness (QED) is 0.215. The van der Waals surface area contributed by atoms with E-state index in [0.717, 1.165) is 0 Å². The van der Waals surface area contributed by atoms with Gasteiger partial charge >= 0.3 is 12.0 Å². The van der Waals surface area contributed by atoms with Gasteiger partial charge in [-0.2, -0.15) is 26.8 Å². The number of hydrogen-bond acceptors (Lipinski definition) is 11. The van der Waals surface area contributed by atoms with Crippen molar-refractivity contribution in [3.63, 3.8) is 0 Å². The van der Waals surface area contributed by atoms with Gasteiger partial charge in [0.2, 0.25) is 5.95 Å². The van der Waals surface area contributed by atoms with Crippen LogP contribution < -0.4 is 20.5 Å². The zero-order chi connectivity index (χ0) is 19.6. The van der Waals surface area contributed by atoms with E-state index in [0.29, 0.717) is 13.1 Å². The highest BCUT2D eigenvalue weighted by molar-refractivity contribution is 7.86. The maximum Gasteiger partial charge on any atom is 0.324 e. The lowest BCUT2D eigenvalue weighted by Crippen LogP contribution is -2.17. The van der Waals surface area contributed by atoms with Crippen LogP contribution in [-0.2, 0) is 20.2 Å². The Bertz CT molecular complexity index is 713. The van der Waals surface area contributed by atoms with Gasteiger partial charge < -0.3 is 20.5 Å². The Morgan fingerprint density at radius 1 is 0.885 bits per heavy atom. The molecule has 0 aliphatic heterocycles. The number of nitrogens with one attached hydrogen (secondary N) is 1. The minimum absolute atomic E-state index is 0.0145. The van der Waals surface area contributed by atoms with E-state index in [1.165, 1.54) is 0 Å². The van der Waals surface area contributed by atoms with Gasteiger partial charge in [-0.3, -0.25) is 9.11 Å². The van der Waals surface area contributed by atoms with E-state index in [1.807, 2.05) is 0 Å². The van der Waals surface area contributed by atoms with Gasteiger partial charge in [-0.1, -0.05) is 0 Å². The molecule has 1 heterocycles. The third-order valence-corrected chi connectivity index (χ3v) is 4.19. The number of anilines is 1. The molecule has 0 atom stereocenters. The molecule has 26 heavy (non-hydrogen) atoms. The molecule has 0 aromatic carbocycles. The number of nitrogens with two attached hydrogens (primary N) is 1. The highest BCUT2D eigenvalue weighted by atomic mass is 32.2. The lowest BCUT2D eigenvalue weighted by Gasteiger charge is -2.09. The van der Waals surface area contributed by atoms with E-state index < -0.39 is 31.7 Å². The molecule has 1 aromatic rings.